The molecule has 0 unspecified atom stereocenters. The molecular formula is C19H23N3O4. The Bertz CT molecular complexity index is 761. The number of hydrogen-bond donors (Lipinski definition) is 1. The quantitative estimate of drug-likeness (QED) is 0.888. The molecule has 0 spiro atoms. The first-order valence-corrected chi connectivity index (χ1v) is 8.83. The summed E-state index contributed by atoms with van der Waals surface area (Å²) in [6, 6.07) is 8.83. The first-order valence-electron chi connectivity index (χ1n) is 8.83. The van der Waals surface area contributed by atoms with Crippen LogP contribution >= 0.6 is 0 Å². The Morgan fingerprint density at radius 3 is 2.54 bits per heavy atom. The fourth-order valence-corrected chi connectivity index (χ4v) is 3.00. The summed E-state index contributed by atoms with van der Waals surface area (Å²) in [4.78, 5) is 26.5. The molecule has 7 nitrogen and oxygen atoms in total. The number of nitrogens with zero attached hydrogens (tertiary/aromatic N) is 2. The highest BCUT2D eigenvalue weighted by Crippen LogP contribution is 2.17. The molecule has 2 heterocycles. The van der Waals surface area contributed by atoms with Gasteiger partial charge in [0.05, 0.1) is 6.61 Å². The van der Waals surface area contributed by atoms with Crippen LogP contribution in [0.25, 0.3) is 0 Å². The highest BCUT2D eigenvalue weighted by Gasteiger charge is 2.25. The van der Waals surface area contributed by atoms with Gasteiger partial charge in [-0.05, 0) is 51.0 Å². The van der Waals surface area contributed by atoms with Crippen LogP contribution in [0.2, 0.25) is 0 Å². The fraction of sp³-hybridized carbons (Fsp3) is 0.421. The number of rotatable bonds is 5. The van der Waals surface area contributed by atoms with E-state index >= 15 is 0 Å². The molecule has 3 rings (SSSR count). The van der Waals surface area contributed by atoms with E-state index in [1.807, 2.05) is 24.0 Å². The number of likely N-dealkylation sites (tertiary alicyclic amines) is 1. The molecule has 0 saturated carbocycles. The number of carbonyl (C=O) groups is 2. The Morgan fingerprint density at radius 1 is 1.27 bits per heavy atom. The predicted octanol–water partition coefficient (Wildman–Crippen LogP) is 2.42. The topological polar surface area (TPSA) is 84.7 Å². The fourth-order valence-electron chi connectivity index (χ4n) is 3.00. The van der Waals surface area contributed by atoms with Gasteiger partial charge in [-0.25, -0.2) is 0 Å². The summed E-state index contributed by atoms with van der Waals surface area (Å²) in [7, 11) is 0. The summed E-state index contributed by atoms with van der Waals surface area (Å²) in [6.45, 7) is 5.48. The highest BCUT2D eigenvalue weighted by atomic mass is 16.5. The zero-order valence-corrected chi connectivity index (χ0v) is 15.0. The molecule has 0 atom stereocenters. The summed E-state index contributed by atoms with van der Waals surface area (Å²) in [6.07, 6.45) is 1.43. The number of amides is 2. The average Bonchev–Trinajstić information content (AvgIpc) is 3.09. The Balaban J connectivity index is 1.51. The van der Waals surface area contributed by atoms with Crippen LogP contribution in [0.15, 0.2) is 34.9 Å². The number of piperidine rings is 1. The molecule has 1 aromatic heterocycles. The molecule has 2 amide bonds. The molecule has 138 valence electrons. The molecule has 1 fully saturated rings. The van der Waals surface area contributed by atoms with Crippen molar-refractivity contribution < 1.29 is 18.8 Å². The maximum Gasteiger partial charge on any atom is 0.273 e. The Kier molecular flexibility index (Phi) is 5.55. The van der Waals surface area contributed by atoms with E-state index in [4.69, 9.17) is 9.26 Å². The molecule has 0 bridgehead atoms. The highest BCUT2D eigenvalue weighted by molar-refractivity contribution is 5.94. The van der Waals surface area contributed by atoms with Crippen LogP contribution in [0, 0.1) is 6.92 Å². The molecule has 7 heteroatoms. The van der Waals surface area contributed by atoms with Gasteiger partial charge in [0.15, 0.2) is 5.69 Å². The molecular weight excluding hydrogens is 334 g/mol. The number of aryl methyl sites for hydroxylation is 1. The van der Waals surface area contributed by atoms with Crippen LogP contribution in [-0.4, -0.2) is 47.6 Å². The monoisotopic (exact) mass is 357 g/mol. The van der Waals surface area contributed by atoms with Gasteiger partial charge in [0.2, 0.25) is 0 Å². The molecule has 1 saturated heterocycles. The minimum Gasteiger partial charge on any atom is -0.494 e. The Morgan fingerprint density at radius 2 is 1.96 bits per heavy atom. The van der Waals surface area contributed by atoms with Crippen LogP contribution in [0.1, 0.15) is 46.4 Å². The van der Waals surface area contributed by atoms with E-state index in [2.05, 4.69) is 10.5 Å². The van der Waals surface area contributed by atoms with Crippen molar-refractivity contribution in [3.63, 3.8) is 0 Å². The van der Waals surface area contributed by atoms with E-state index in [-0.39, 0.29) is 23.6 Å². The minimum absolute atomic E-state index is 0.00458. The van der Waals surface area contributed by atoms with Crippen molar-refractivity contribution in [1.29, 1.82) is 0 Å². The first kappa shape index (κ1) is 18.0. The SMILES string of the molecule is CCOc1ccc(C(=O)N2CCC(NC(=O)c3cc(C)on3)CC2)cc1. The Labute approximate surface area is 152 Å². The van der Waals surface area contributed by atoms with Gasteiger partial charge in [-0.15, -0.1) is 0 Å². The molecule has 1 aromatic carbocycles. The van der Waals surface area contributed by atoms with E-state index < -0.39 is 0 Å². The van der Waals surface area contributed by atoms with Crippen LogP contribution in [0.3, 0.4) is 0 Å². The summed E-state index contributed by atoms with van der Waals surface area (Å²) in [5, 5.41) is 6.68. The Hall–Kier alpha value is -2.83. The van der Waals surface area contributed by atoms with Gasteiger partial charge >= 0.3 is 0 Å². The lowest BCUT2D eigenvalue weighted by Gasteiger charge is -2.32. The van der Waals surface area contributed by atoms with Crippen LogP contribution in [-0.2, 0) is 0 Å². The maximum atomic E-state index is 12.6. The largest absolute Gasteiger partial charge is 0.494 e. The molecule has 0 aliphatic carbocycles. The molecule has 1 aliphatic heterocycles. The smallest absolute Gasteiger partial charge is 0.273 e. The van der Waals surface area contributed by atoms with E-state index in [9.17, 15) is 9.59 Å². The van der Waals surface area contributed by atoms with Gasteiger partial charge in [-0.3, -0.25) is 9.59 Å². The lowest BCUT2D eigenvalue weighted by molar-refractivity contribution is 0.0697. The van der Waals surface area contributed by atoms with Crippen molar-refractivity contribution >= 4 is 11.8 Å². The zero-order chi connectivity index (χ0) is 18.5. The molecule has 1 N–H and O–H groups in total. The van der Waals surface area contributed by atoms with Crippen molar-refractivity contribution in [3.8, 4) is 5.75 Å². The summed E-state index contributed by atoms with van der Waals surface area (Å²) in [5.74, 6) is 1.13. The lowest BCUT2D eigenvalue weighted by Crippen LogP contribution is -2.46. The van der Waals surface area contributed by atoms with Crippen molar-refractivity contribution in [1.82, 2.24) is 15.4 Å². The second kappa shape index (κ2) is 8.03. The third kappa shape index (κ3) is 4.22. The van der Waals surface area contributed by atoms with Crippen LogP contribution < -0.4 is 10.1 Å². The van der Waals surface area contributed by atoms with Crippen molar-refractivity contribution in [2.45, 2.75) is 32.7 Å². The van der Waals surface area contributed by atoms with Gasteiger partial charge in [-0.1, -0.05) is 5.16 Å². The van der Waals surface area contributed by atoms with Crippen molar-refractivity contribution in [2.24, 2.45) is 0 Å². The first-order chi connectivity index (χ1) is 12.6. The normalized spacial score (nSPS) is 14.9. The average molecular weight is 357 g/mol. The van der Waals surface area contributed by atoms with Crippen LogP contribution in [0.4, 0.5) is 0 Å². The molecule has 1 aliphatic rings. The van der Waals surface area contributed by atoms with Gasteiger partial charge in [0.1, 0.15) is 11.5 Å². The van der Waals surface area contributed by atoms with Gasteiger partial charge in [-0.2, -0.15) is 0 Å². The number of hydrogen-bond acceptors (Lipinski definition) is 5. The van der Waals surface area contributed by atoms with E-state index in [1.54, 1.807) is 25.1 Å². The lowest BCUT2D eigenvalue weighted by atomic mass is 10.0. The second-order valence-electron chi connectivity index (χ2n) is 6.32. The van der Waals surface area contributed by atoms with Crippen molar-refractivity contribution in [2.75, 3.05) is 19.7 Å². The number of ether oxygens (including phenoxy) is 1. The third-order valence-electron chi connectivity index (χ3n) is 4.39. The van der Waals surface area contributed by atoms with E-state index in [0.29, 0.717) is 43.9 Å². The number of nitrogens with one attached hydrogen (secondary N) is 1. The van der Waals surface area contributed by atoms with E-state index in [1.165, 1.54) is 0 Å². The number of benzene rings is 1. The van der Waals surface area contributed by atoms with Gasteiger partial charge < -0.3 is 19.5 Å². The van der Waals surface area contributed by atoms with Gasteiger partial charge in [0, 0.05) is 30.8 Å². The molecule has 2 aromatic rings. The van der Waals surface area contributed by atoms with E-state index in [0.717, 1.165) is 5.75 Å². The number of aromatic nitrogens is 1. The maximum absolute atomic E-state index is 12.6. The summed E-state index contributed by atoms with van der Waals surface area (Å²) >= 11 is 0. The van der Waals surface area contributed by atoms with Crippen LogP contribution in [0.5, 0.6) is 5.75 Å². The predicted molar refractivity (Wildman–Crippen MR) is 95.2 cm³/mol. The number of carbonyl (C=O) groups excluding carboxylic acids is 2. The van der Waals surface area contributed by atoms with Crippen molar-refractivity contribution in [3.05, 3.63) is 47.3 Å². The van der Waals surface area contributed by atoms with Gasteiger partial charge in [0.25, 0.3) is 11.8 Å². The standard InChI is InChI=1S/C19H23N3O4/c1-3-25-16-6-4-14(5-7-16)19(24)22-10-8-15(9-11-22)20-18(23)17-12-13(2)26-21-17/h4-7,12,15H,3,8-11H2,1-2H3,(H,20,23). The molecule has 0 radical (unpaired) electrons. The molecule has 26 heavy (non-hydrogen) atoms. The minimum atomic E-state index is -0.238. The summed E-state index contributed by atoms with van der Waals surface area (Å²) in [5.41, 5.74) is 0.935. The zero-order valence-electron chi connectivity index (χ0n) is 15.0. The summed E-state index contributed by atoms with van der Waals surface area (Å²) < 4.78 is 10.3. The second-order valence-corrected chi connectivity index (χ2v) is 6.32. The third-order valence-corrected chi connectivity index (χ3v) is 4.39.